The standard InChI is InChI=1S/C15H21N3O2S/c1-11(2)15-17-14(20-18-15)7-3-6-13(19)16-9-8-12-5-4-10-21-12/h4-5,10-11H,3,6-9H2,1-2H3,(H,16,19). The van der Waals surface area contributed by atoms with Gasteiger partial charge in [-0.1, -0.05) is 25.1 Å². The van der Waals surface area contributed by atoms with E-state index in [4.69, 9.17) is 4.52 Å². The SMILES string of the molecule is CC(C)c1noc(CCCC(=O)NCCc2cccs2)n1. The summed E-state index contributed by atoms with van der Waals surface area (Å²) in [6.07, 6.45) is 2.76. The van der Waals surface area contributed by atoms with E-state index in [1.54, 1.807) is 11.3 Å². The molecule has 0 unspecified atom stereocenters. The zero-order valence-corrected chi connectivity index (χ0v) is 13.3. The van der Waals surface area contributed by atoms with Crippen LogP contribution in [0.5, 0.6) is 0 Å². The van der Waals surface area contributed by atoms with E-state index in [2.05, 4.69) is 21.5 Å². The number of nitrogens with one attached hydrogen (secondary N) is 1. The normalized spacial score (nSPS) is 11.0. The van der Waals surface area contributed by atoms with Gasteiger partial charge in [-0.3, -0.25) is 4.79 Å². The molecule has 0 aliphatic carbocycles. The molecule has 2 aromatic heterocycles. The van der Waals surface area contributed by atoms with Crippen LogP contribution in [0.25, 0.3) is 0 Å². The van der Waals surface area contributed by atoms with Crippen molar-refractivity contribution in [3.8, 4) is 0 Å². The van der Waals surface area contributed by atoms with Gasteiger partial charge in [-0.25, -0.2) is 0 Å². The van der Waals surface area contributed by atoms with Gasteiger partial charge in [0.05, 0.1) is 0 Å². The highest BCUT2D eigenvalue weighted by Gasteiger charge is 2.10. The van der Waals surface area contributed by atoms with Gasteiger partial charge in [0.2, 0.25) is 11.8 Å². The van der Waals surface area contributed by atoms with Crippen molar-refractivity contribution in [3.05, 3.63) is 34.1 Å². The Kier molecular flexibility index (Phi) is 5.92. The number of aryl methyl sites for hydroxylation is 1. The lowest BCUT2D eigenvalue weighted by Gasteiger charge is -2.03. The molecule has 6 heteroatoms. The molecule has 2 heterocycles. The third kappa shape index (κ3) is 5.30. The molecule has 21 heavy (non-hydrogen) atoms. The first kappa shape index (κ1) is 15.7. The predicted octanol–water partition coefficient (Wildman–Crippen LogP) is 2.94. The summed E-state index contributed by atoms with van der Waals surface area (Å²) in [7, 11) is 0. The molecule has 2 aromatic rings. The van der Waals surface area contributed by atoms with Crippen molar-refractivity contribution < 1.29 is 9.32 Å². The second kappa shape index (κ2) is 7.93. The molecule has 114 valence electrons. The van der Waals surface area contributed by atoms with Gasteiger partial charge < -0.3 is 9.84 Å². The Labute approximate surface area is 128 Å². The van der Waals surface area contributed by atoms with Gasteiger partial charge in [-0.2, -0.15) is 4.98 Å². The number of hydrogen-bond donors (Lipinski definition) is 1. The molecule has 2 rings (SSSR count). The summed E-state index contributed by atoms with van der Waals surface area (Å²) in [5, 5.41) is 8.89. The third-order valence-corrected chi connectivity index (χ3v) is 4.00. The number of carbonyl (C=O) groups is 1. The molecule has 0 atom stereocenters. The van der Waals surface area contributed by atoms with E-state index < -0.39 is 0 Å². The van der Waals surface area contributed by atoms with Gasteiger partial charge in [0.1, 0.15) is 0 Å². The van der Waals surface area contributed by atoms with Gasteiger partial charge in [0.25, 0.3) is 0 Å². The first-order chi connectivity index (χ1) is 10.1. The number of nitrogens with zero attached hydrogens (tertiary/aromatic N) is 2. The van der Waals surface area contributed by atoms with Crippen LogP contribution in [0.1, 0.15) is 49.2 Å². The minimum Gasteiger partial charge on any atom is -0.356 e. The molecule has 0 aromatic carbocycles. The fourth-order valence-corrected chi connectivity index (χ4v) is 2.58. The van der Waals surface area contributed by atoms with E-state index >= 15 is 0 Å². The Bertz CT molecular complexity index is 549. The number of aromatic nitrogens is 2. The monoisotopic (exact) mass is 307 g/mol. The van der Waals surface area contributed by atoms with Crippen LogP contribution in [-0.2, 0) is 17.6 Å². The van der Waals surface area contributed by atoms with Gasteiger partial charge in [-0.15, -0.1) is 11.3 Å². The van der Waals surface area contributed by atoms with Crippen LogP contribution in [0.2, 0.25) is 0 Å². The molecule has 0 radical (unpaired) electrons. The summed E-state index contributed by atoms with van der Waals surface area (Å²) in [5.74, 6) is 1.69. The van der Waals surface area contributed by atoms with Crippen LogP contribution >= 0.6 is 11.3 Å². The maximum absolute atomic E-state index is 11.7. The second-order valence-electron chi connectivity index (χ2n) is 5.23. The van der Waals surface area contributed by atoms with Crippen molar-refractivity contribution in [1.29, 1.82) is 0 Å². The van der Waals surface area contributed by atoms with Gasteiger partial charge >= 0.3 is 0 Å². The minimum atomic E-state index is 0.0788. The predicted molar refractivity (Wildman–Crippen MR) is 82.4 cm³/mol. The zero-order valence-electron chi connectivity index (χ0n) is 12.5. The smallest absolute Gasteiger partial charge is 0.226 e. The zero-order chi connectivity index (χ0) is 15.1. The molecule has 0 aliphatic rings. The highest BCUT2D eigenvalue weighted by Crippen LogP contribution is 2.11. The molecule has 0 saturated heterocycles. The van der Waals surface area contributed by atoms with Gasteiger partial charge in [0.15, 0.2) is 5.82 Å². The first-order valence-corrected chi connectivity index (χ1v) is 8.14. The van der Waals surface area contributed by atoms with Crippen molar-refractivity contribution in [1.82, 2.24) is 15.5 Å². The fraction of sp³-hybridized carbons (Fsp3) is 0.533. The lowest BCUT2D eigenvalue weighted by molar-refractivity contribution is -0.121. The Hall–Kier alpha value is -1.69. The van der Waals surface area contributed by atoms with Crippen molar-refractivity contribution in [2.24, 2.45) is 0 Å². The molecule has 1 N–H and O–H groups in total. The largest absolute Gasteiger partial charge is 0.356 e. The molecule has 0 fully saturated rings. The maximum Gasteiger partial charge on any atom is 0.226 e. The number of hydrogen-bond acceptors (Lipinski definition) is 5. The average molecular weight is 307 g/mol. The fourth-order valence-electron chi connectivity index (χ4n) is 1.87. The average Bonchev–Trinajstić information content (AvgIpc) is 3.09. The third-order valence-electron chi connectivity index (χ3n) is 3.07. The minimum absolute atomic E-state index is 0.0788. The lowest BCUT2D eigenvalue weighted by Crippen LogP contribution is -2.25. The van der Waals surface area contributed by atoms with E-state index in [9.17, 15) is 4.79 Å². The van der Waals surface area contributed by atoms with Crippen LogP contribution < -0.4 is 5.32 Å². The number of carbonyl (C=O) groups excluding carboxylic acids is 1. The Morgan fingerprint density at radius 3 is 2.95 bits per heavy atom. The van der Waals surface area contributed by atoms with Gasteiger partial charge in [-0.05, 0) is 24.3 Å². The summed E-state index contributed by atoms with van der Waals surface area (Å²) >= 11 is 1.72. The van der Waals surface area contributed by atoms with Crippen molar-refractivity contribution >= 4 is 17.2 Å². The van der Waals surface area contributed by atoms with E-state index in [0.717, 1.165) is 18.7 Å². The lowest BCUT2D eigenvalue weighted by atomic mass is 10.2. The van der Waals surface area contributed by atoms with Crippen molar-refractivity contribution in [2.45, 2.75) is 45.4 Å². The highest BCUT2D eigenvalue weighted by molar-refractivity contribution is 7.09. The van der Waals surface area contributed by atoms with Crippen molar-refractivity contribution in [2.75, 3.05) is 6.54 Å². The van der Waals surface area contributed by atoms with E-state index in [-0.39, 0.29) is 11.8 Å². The molecule has 0 aliphatic heterocycles. The summed E-state index contributed by atoms with van der Waals surface area (Å²) in [6, 6.07) is 4.11. The summed E-state index contributed by atoms with van der Waals surface area (Å²) in [4.78, 5) is 17.3. The molecule has 5 nitrogen and oxygen atoms in total. The van der Waals surface area contributed by atoms with Crippen LogP contribution in [0.3, 0.4) is 0 Å². The number of thiophene rings is 1. The Morgan fingerprint density at radius 1 is 1.43 bits per heavy atom. The molecule has 1 amide bonds. The van der Waals surface area contributed by atoms with E-state index in [1.807, 2.05) is 25.3 Å². The first-order valence-electron chi connectivity index (χ1n) is 7.26. The van der Waals surface area contributed by atoms with Crippen LogP contribution in [0.4, 0.5) is 0 Å². The Balaban J connectivity index is 1.60. The molecule has 0 bridgehead atoms. The van der Waals surface area contributed by atoms with Gasteiger partial charge in [0, 0.05) is 30.2 Å². The number of amides is 1. The van der Waals surface area contributed by atoms with Crippen molar-refractivity contribution in [3.63, 3.8) is 0 Å². The summed E-state index contributed by atoms with van der Waals surface area (Å²) in [5.41, 5.74) is 0. The second-order valence-corrected chi connectivity index (χ2v) is 6.27. The molecule has 0 saturated carbocycles. The van der Waals surface area contributed by atoms with Crippen LogP contribution in [0, 0.1) is 0 Å². The summed E-state index contributed by atoms with van der Waals surface area (Å²) < 4.78 is 5.15. The number of rotatable bonds is 8. The quantitative estimate of drug-likeness (QED) is 0.814. The summed E-state index contributed by atoms with van der Waals surface area (Å²) in [6.45, 7) is 4.74. The highest BCUT2D eigenvalue weighted by atomic mass is 32.1. The van der Waals surface area contributed by atoms with Crippen LogP contribution in [0.15, 0.2) is 22.0 Å². The topological polar surface area (TPSA) is 68.0 Å². The van der Waals surface area contributed by atoms with E-state index in [0.29, 0.717) is 25.3 Å². The Morgan fingerprint density at radius 2 is 2.29 bits per heavy atom. The maximum atomic E-state index is 11.7. The molecular weight excluding hydrogens is 286 g/mol. The van der Waals surface area contributed by atoms with Crippen LogP contribution in [-0.4, -0.2) is 22.6 Å². The van der Waals surface area contributed by atoms with E-state index in [1.165, 1.54) is 4.88 Å². The molecular formula is C15H21N3O2S. The molecule has 0 spiro atoms.